The molecule has 158 valence electrons. The minimum Gasteiger partial charge on any atom is -0.497 e. The summed E-state index contributed by atoms with van der Waals surface area (Å²) in [4.78, 5) is 13.3. The van der Waals surface area contributed by atoms with Gasteiger partial charge in [-0.15, -0.1) is 0 Å². The predicted molar refractivity (Wildman–Crippen MR) is 126 cm³/mol. The zero-order valence-electron chi connectivity index (χ0n) is 18.0. The van der Waals surface area contributed by atoms with Gasteiger partial charge in [0.25, 0.3) is 0 Å². The molecule has 0 radical (unpaired) electrons. The number of rotatable bonds is 7. The molecular formula is C28H29NO2. The van der Waals surface area contributed by atoms with Gasteiger partial charge in [0, 0.05) is 6.08 Å². The smallest absolute Gasteiger partial charge is 0.245 e. The van der Waals surface area contributed by atoms with Crippen molar-refractivity contribution in [2.24, 2.45) is 5.92 Å². The van der Waals surface area contributed by atoms with Crippen molar-refractivity contribution in [2.75, 3.05) is 7.11 Å². The average molecular weight is 412 g/mol. The molecular weight excluding hydrogens is 382 g/mol. The normalized spacial score (nSPS) is 15.5. The first kappa shape index (κ1) is 20.9. The van der Waals surface area contributed by atoms with E-state index in [1.165, 1.54) is 12.8 Å². The fourth-order valence-corrected chi connectivity index (χ4v) is 4.43. The molecule has 0 bridgehead atoms. The van der Waals surface area contributed by atoms with Crippen molar-refractivity contribution in [1.29, 1.82) is 0 Å². The standard InChI is InChI=1S/C28H29NO2/c1-31-25-18-16-24(17-19-25)28(23-14-6-3-7-15-23)29-27(30)20-26(22-12-8-9-13-22)21-10-4-2-5-11-21/h2-7,10-11,14-20,22,28H,8-9,12-13H2,1H3,(H,29,30)/b26-20-. The third-order valence-electron chi connectivity index (χ3n) is 6.06. The van der Waals surface area contributed by atoms with Crippen LogP contribution >= 0.6 is 0 Å². The van der Waals surface area contributed by atoms with Gasteiger partial charge in [0.15, 0.2) is 0 Å². The Kier molecular flexibility index (Phi) is 6.83. The molecule has 1 amide bonds. The highest BCUT2D eigenvalue weighted by Gasteiger charge is 2.22. The van der Waals surface area contributed by atoms with Gasteiger partial charge >= 0.3 is 0 Å². The SMILES string of the molecule is COc1ccc(C(NC(=O)/C=C(/c2ccccc2)C2CCCC2)c2ccccc2)cc1. The Labute approximate surface area is 184 Å². The van der Waals surface area contributed by atoms with Crippen LogP contribution in [0.4, 0.5) is 0 Å². The van der Waals surface area contributed by atoms with Crippen molar-refractivity contribution < 1.29 is 9.53 Å². The van der Waals surface area contributed by atoms with Gasteiger partial charge in [0.1, 0.15) is 5.75 Å². The van der Waals surface area contributed by atoms with Crippen LogP contribution < -0.4 is 10.1 Å². The highest BCUT2D eigenvalue weighted by atomic mass is 16.5. The van der Waals surface area contributed by atoms with E-state index in [0.29, 0.717) is 5.92 Å². The summed E-state index contributed by atoms with van der Waals surface area (Å²) in [6, 6.07) is 28.1. The van der Waals surface area contributed by atoms with Crippen LogP contribution in [0.25, 0.3) is 5.57 Å². The third-order valence-corrected chi connectivity index (χ3v) is 6.06. The number of allylic oxidation sites excluding steroid dienone is 1. The quantitative estimate of drug-likeness (QED) is 0.472. The summed E-state index contributed by atoms with van der Waals surface area (Å²) in [6.45, 7) is 0. The Morgan fingerprint density at radius 3 is 2.06 bits per heavy atom. The molecule has 3 aromatic carbocycles. The summed E-state index contributed by atoms with van der Waals surface area (Å²) in [5, 5.41) is 3.25. The van der Waals surface area contributed by atoms with E-state index in [4.69, 9.17) is 4.74 Å². The molecule has 1 fully saturated rings. The molecule has 0 spiro atoms. The van der Waals surface area contributed by atoms with Crippen molar-refractivity contribution in [2.45, 2.75) is 31.7 Å². The van der Waals surface area contributed by atoms with E-state index in [1.807, 2.05) is 78.9 Å². The maximum Gasteiger partial charge on any atom is 0.245 e. The first-order valence-electron chi connectivity index (χ1n) is 11.0. The van der Waals surface area contributed by atoms with Crippen molar-refractivity contribution >= 4 is 11.5 Å². The number of carbonyl (C=O) groups excluding carboxylic acids is 1. The molecule has 0 aliphatic heterocycles. The molecule has 0 saturated heterocycles. The summed E-state index contributed by atoms with van der Waals surface area (Å²) in [5.74, 6) is 1.19. The molecule has 1 aliphatic carbocycles. The molecule has 3 aromatic rings. The van der Waals surface area contributed by atoms with Gasteiger partial charge in [-0.2, -0.15) is 0 Å². The van der Waals surface area contributed by atoms with E-state index in [2.05, 4.69) is 17.4 Å². The van der Waals surface area contributed by atoms with Crippen LogP contribution in [0.2, 0.25) is 0 Å². The largest absolute Gasteiger partial charge is 0.497 e. The van der Waals surface area contributed by atoms with Crippen LogP contribution in [0, 0.1) is 5.92 Å². The molecule has 3 heteroatoms. The van der Waals surface area contributed by atoms with Gasteiger partial charge in [0.05, 0.1) is 13.2 Å². The molecule has 1 atom stereocenters. The van der Waals surface area contributed by atoms with Gasteiger partial charge < -0.3 is 10.1 Å². The van der Waals surface area contributed by atoms with Crippen LogP contribution in [-0.4, -0.2) is 13.0 Å². The van der Waals surface area contributed by atoms with Crippen LogP contribution in [0.5, 0.6) is 5.75 Å². The molecule has 0 heterocycles. The lowest BCUT2D eigenvalue weighted by atomic mass is 9.90. The molecule has 1 saturated carbocycles. The second kappa shape index (κ2) is 10.1. The topological polar surface area (TPSA) is 38.3 Å². The Morgan fingerprint density at radius 2 is 1.45 bits per heavy atom. The molecule has 1 aliphatic rings. The molecule has 31 heavy (non-hydrogen) atoms. The second-order valence-electron chi connectivity index (χ2n) is 8.07. The van der Waals surface area contributed by atoms with E-state index in [1.54, 1.807) is 7.11 Å². The number of amides is 1. The third kappa shape index (κ3) is 5.24. The van der Waals surface area contributed by atoms with Gasteiger partial charge in [0.2, 0.25) is 5.91 Å². The van der Waals surface area contributed by atoms with Gasteiger partial charge in [-0.3, -0.25) is 4.79 Å². The lowest BCUT2D eigenvalue weighted by Gasteiger charge is -2.21. The van der Waals surface area contributed by atoms with Crippen molar-refractivity contribution in [3.8, 4) is 5.75 Å². The summed E-state index contributed by atoms with van der Waals surface area (Å²) >= 11 is 0. The zero-order valence-corrected chi connectivity index (χ0v) is 18.0. The first-order chi connectivity index (χ1) is 15.2. The number of hydrogen-bond donors (Lipinski definition) is 1. The summed E-state index contributed by atoms with van der Waals surface area (Å²) in [7, 11) is 1.66. The molecule has 4 rings (SSSR count). The van der Waals surface area contributed by atoms with E-state index in [-0.39, 0.29) is 11.9 Å². The lowest BCUT2D eigenvalue weighted by Crippen LogP contribution is -2.28. The highest BCUT2D eigenvalue weighted by Crippen LogP contribution is 2.36. The van der Waals surface area contributed by atoms with E-state index in [0.717, 1.165) is 40.9 Å². The average Bonchev–Trinajstić information content (AvgIpc) is 3.37. The maximum absolute atomic E-state index is 13.3. The minimum absolute atomic E-state index is 0.0598. The summed E-state index contributed by atoms with van der Waals surface area (Å²) in [5.41, 5.74) is 4.37. The molecule has 1 N–H and O–H groups in total. The summed E-state index contributed by atoms with van der Waals surface area (Å²) < 4.78 is 5.30. The van der Waals surface area contributed by atoms with Crippen LogP contribution in [0.1, 0.15) is 48.4 Å². The number of hydrogen-bond acceptors (Lipinski definition) is 2. The monoisotopic (exact) mass is 411 g/mol. The molecule has 1 unspecified atom stereocenters. The van der Waals surface area contributed by atoms with E-state index >= 15 is 0 Å². The Bertz CT molecular complexity index is 1000. The van der Waals surface area contributed by atoms with Crippen molar-refractivity contribution in [1.82, 2.24) is 5.32 Å². The van der Waals surface area contributed by atoms with E-state index in [9.17, 15) is 4.79 Å². The van der Waals surface area contributed by atoms with E-state index < -0.39 is 0 Å². The Balaban J connectivity index is 1.64. The van der Waals surface area contributed by atoms with Gasteiger partial charge in [-0.1, -0.05) is 85.6 Å². The van der Waals surface area contributed by atoms with Gasteiger partial charge in [-0.05, 0) is 53.2 Å². The fourth-order valence-electron chi connectivity index (χ4n) is 4.43. The number of carbonyl (C=O) groups is 1. The minimum atomic E-state index is -0.226. The number of nitrogens with one attached hydrogen (secondary N) is 1. The van der Waals surface area contributed by atoms with Crippen molar-refractivity contribution in [3.05, 3.63) is 108 Å². The number of ether oxygens (including phenoxy) is 1. The lowest BCUT2D eigenvalue weighted by molar-refractivity contribution is -0.116. The van der Waals surface area contributed by atoms with Crippen molar-refractivity contribution in [3.63, 3.8) is 0 Å². The highest BCUT2D eigenvalue weighted by molar-refractivity contribution is 5.96. The van der Waals surface area contributed by atoms with Crippen LogP contribution in [0.15, 0.2) is 91.0 Å². The van der Waals surface area contributed by atoms with Gasteiger partial charge in [-0.25, -0.2) is 0 Å². The zero-order chi connectivity index (χ0) is 21.5. The number of methoxy groups -OCH3 is 1. The number of benzene rings is 3. The molecule has 3 nitrogen and oxygen atoms in total. The fraction of sp³-hybridized carbons (Fsp3) is 0.250. The summed E-state index contributed by atoms with van der Waals surface area (Å²) in [6.07, 6.45) is 6.58. The molecule has 0 aromatic heterocycles. The maximum atomic E-state index is 13.3. The Morgan fingerprint density at radius 1 is 0.871 bits per heavy atom. The van der Waals surface area contributed by atoms with Crippen LogP contribution in [0.3, 0.4) is 0 Å². The predicted octanol–water partition coefficient (Wildman–Crippen LogP) is 6.17. The first-order valence-corrected chi connectivity index (χ1v) is 11.0. The Hall–Kier alpha value is -3.33. The van der Waals surface area contributed by atoms with Crippen LogP contribution in [-0.2, 0) is 4.79 Å². The second-order valence-corrected chi connectivity index (χ2v) is 8.07.